The smallest absolute Gasteiger partial charge is 0.0558 e. The lowest BCUT2D eigenvalue weighted by atomic mass is 10.3. The highest BCUT2D eigenvalue weighted by molar-refractivity contribution is 6.30. The minimum atomic E-state index is 0.741. The average molecular weight is 394 g/mol. The molecule has 2 aromatic heterocycles. The largest absolute Gasteiger partial charge is 0.304 e. The van der Waals surface area contributed by atoms with Gasteiger partial charge in [-0.15, -0.1) is 0 Å². The first kappa shape index (κ1) is 19.5. The van der Waals surface area contributed by atoms with Crippen molar-refractivity contribution in [3.8, 4) is 0 Å². The molecular formula is C19H25Cl2N5. The molecule has 0 atom stereocenters. The Labute approximate surface area is 165 Å². The predicted octanol–water partition coefficient (Wildman–Crippen LogP) is 3.03. The third kappa shape index (κ3) is 6.18. The van der Waals surface area contributed by atoms with E-state index < -0.39 is 0 Å². The van der Waals surface area contributed by atoms with E-state index in [2.05, 4.69) is 31.7 Å². The summed E-state index contributed by atoms with van der Waals surface area (Å²) in [5.41, 5.74) is 2.03. The maximum absolute atomic E-state index is 6.10. The van der Waals surface area contributed by atoms with Crippen LogP contribution in [0.2, 0.25) is 10.0 Å². The highest BCUT2D eigenvalue weighted by atomic mass is 35.5. The van der Waals surface area contributed by atoms with Crippen molar-refractivity contribution in [1.29, 1.82) is 0 Å². The Morgan fingerprint density at radius 3 is 1.62 bits per heavy atom. The Morgan fingerprint density at radius 1 is 0.769 bits per heavy atom. The van der Waals surface area contributed by atoms with Gasteiger partial charge in [-0.1, -0.05) is 23.2 Å². The van der Waals surface area contributed by atoms with Crippen LogP contribution in [0.25, 0.3) is 0 Å². The molecule has 0 aromatic carbocycles. The highest BCUT2D eigenvalue weighted by Crippen LogP contribution is 2.13. The van der Waals surface area contributed by atoms with Crippen LogP contribution >= 0.6 is 23.2 Å². The monoisotopic (exact) mass is 393 g/mol. The van der Waals surface area contributed by atoms with Crippen LogP contribution in [0.1, 0.15) is 11.4 Å². The standard InChI is InChI=1S/C19H25Cl2N5/c1-24-6-8-25(14-18-12-16(20)2-4-22-18)10-11-26(9-7-24)15-19-13-17(21)3-5-23-19/h2-5,12-13H,6-11,14-15H2,1H3. The molecule has 1 fully saturated rings. The van der Waals surface area contributed by atoms with Crippen LogP contribution in [0.5, 0.6) is 0 Å². The van der Waals surface area contributed by atoms with Crippen molar-refractivity contribution >= 4 is 23.2 Å². The number of halogens is 2. The van der Waals surface area contributed by atoms with Crippen molar-refractivity contribution in [3.63, 3.8) is 0 Å². The molecular weight excluding hydrogens is 369 g/mol. The van der Waals surface area contributed by atoms with E-state index >= 15 is 0 Å². The Balaban J connectivity index is 1.64. The molecule has 26 heavy (non-hydrogen) atoms. The molecule has 0 amide bonds. The van der Waals surface area contributed by atoms with E-state index in [4.69, 9.17) is 23.2 Å². The molecule has 2 aromatic rings. The molecule has 0 spiro atoms. The first-order valence-corrected chi connectivity index (χ1v) is 9.68. The summed E-state index contributed by atoms with van der Waals surface area (Å²) in [6, 6.07) is 7.53. The fourth-order valence-electron chi connectivity index (χ4n) is 3.09. The Kier molecular flexibility index (Phi) is 7.23. The van der Waals surface area contributed by atoms with Gasteiger partial charge >= 0.3 is 0 Å². The number of pyridine rings is 2. The number of nitrogens with zero attached hydrogens (tertiary/aromatic N) is 5. The molecule has 0 N–H and O–H groups in total. The van der Waals surface area contributed by atoms with Gasteiger partial charge in [-0.3, -0.25) is 19.8 Å². The molecule has 1 saturated heterocycles. The van der Waals surface area contributed by atoms with Crippen LogP contribution < -0.4 is 0 Å². The van der Waals surface area contributed by atoms with E-state index in [1.54, 1.807) is 12.4 Å². The lowest BCUT2D eigenvalue weighted by Gasteiger charge is -2.25. The average Bonchev–Trinajstić information content (AvgIpc) is 2.68. The maximum Gasteiger partial charge on any atom is 0.0558 e. The molecule has 0 saturated carbocycles. The van der Waals surface area contributed by atoms with Gasteiger partial charge in [0.25, 0.3) is 0 Å². The zero-order valence-electron chi connectivity index (χ0n) is 15.1. The SMILES string of the molecule is CN1CCN(Cc2cc(Cl)ccn2)CCN(Cc2cc(Cl)ccn2)CC1. The van der Waals surface area contributed by atoms with E-state index in [0.717, 1.165) is 73.8 Å². The molecule has 3 rings (SSSR count). The van der Waals surface area contributed by atoms with Gasteiger partial charge in [0.15, 0.2) is 0 Å². The molecule has 0 unspecified atom stereocenters. The Bertz CT molecular complexity index is 652. The molecule has 1 aliphatic rings. The van der Waals surface area contributed by atoms with E-state index in [1.807, 2.05) is 24.3 Å². The van der Waals surface area contributed by atoms with E-state index in [-0.39, 0.29) is 0 Å². The number of hydrogen-bond acceptors (Lipinski definition) is 5. The lowest BCUT2D eigenvalue weighted by molar-refractivity contribution is 0.207. The summed E-state index contributed by atoms with van der Waals surface area (Å²) >= 11 is 12.2. The second-order valence-corrected chi connectivity index (χ2v) is 7.66. The van der Waals surface area contributed by atoms with Crippen molar-refractivity contribution in [2.24, 2.45) is 0 Å². The third-order valence-electron chi connectivity index (χ3n) is 4.66. The number of likely N-dealkylation sites (N-methyl/N-ethyl adjacent to an activating group) is 1. The Hall–Kier alpha value is -1.24. The molecule has 7 heteroatoms. The van der Waals surface area contributed by atoms with Crippen molar-refractivity contribution in [2.75, 3.05) is 46.3 Å². The summed E-state index contributed by atoms with van der Waals surface area (Å²) in [6.07, 6.45) is 3.55. The summed E-state index contributed by atoms with van der Waals surface area (Å²) < 4.78 is 0. The summed E-state index contributed by atoms with van der Waals surface area (Å²) in [4.78, 5) is 16.2. The zero-order chi connectivity index (χ0) is 18.4. The number of hydrogen-bond donors (Lipinski definition) is 0. The topological polar surface area (TPSA) is 35.5 Å². The summed E-state index contributed by atoms with van der Waals surface area (Å²) in [5.74, 6) is 0. The zero-order valence-corrected chi connectivity index (χ0v) is 16.6. The third-order valence-corrected chi connectivity index (χ3v) is 5.13. The summed E-state index contributed by atoms with van der Waals surface area (Å²) in [7, 11) is 2.18. The van der Waals surface area contributed by atoms with Gasteiger partial charge in [0.2, 0.25) is 0 Å². The van der Waals surface area contributed by atoms with Crippen molar-refractivity contribution < 1.29 is 0 Å². The van der Waals surface area contributed by atoms with Crippen molar-refractivity contribution in [3.05, 3.63) is 58.1 Å². The minimum absolute atomic E-state index is 0.741. The van der Waals surface area contributed by atoms with Crippen molar-refractivity contribution in [2.45, 2.75) is 13.1 Å². The summed E-state index contributed by atoms with van der Waals surface area (Å²) in [5, 5.41) is 1.48. The van der Waals surface area contributed by atoms with Gasteiger partial charge in [-0.05, 0) is 31.3 Å². The van der Waals surface area contributed by atoms with Gasteiger partial charge < -0.3 is 4.90 Å². The predicted molar refractivity (Wildman–Crippen MR) is 107 cm³/mol. The van der Waals surface area contributed by atoms with Gasteiger partial charge in [-0.25, -0.2) is 0 Å². The van der Waals surface area contributed by atoms with Gasteiger partial charge in [0.05, 0.1) is 11.4 Å². The van der Waals surface area contributed by atoms with Crippen LogP contribution in [0.15, 0.2) is 36.7 Å². The molecule has 0 radical (unpaired) electrons. The minimum Gasteiger partial charge on any atom is -0.304 e. The van der Waals surface area contributed by atoms with Crippen molar-refractivity contribution in [1.82, 2.24) is 24.7 Å². The van der Waals surface area contributed by atoms with E-state index in [9.17, 15) is 0 Å². The first-order chi connectivity index (χ1) is 12.6. The second kappa shape index (κ2) is 9.62. The van der Waals surface area contributed by atoms with Crippen LogP contribution in [0.3, 0.4) is 0 Å². The molecule has 5 nitrogen and oxygen atoms in total. The quantitative estimate of drug-likeness (QED) is 0.797. The second-order valence-electron chi connectivity index (χ2n) is 6.79. The fraction of sp³-hybridized carbons (Fsp3) is 0.474. The molecule has 0 bridgehead atoms. The lowest BCUT2D eigenvalue weighted by Crippen LogP contribution is -2.35. The van der Waals surface area contributed by atoms with Crippen LogP contribution in [0.4, 0.5) is 0 Å². The van der Waals surface area contributed by atoms with E-state index in [0.29, 0.717) is 0 Å². The van der Waals surface area contributed by atoms with Gasteiger partial charge in [-0.2, -0.15) is 0 Å². The molecule has 3 heterocycles. The highest BCUT2D eigenvalue weighted by Gasteiger charge is 2.16. The first-order valence-electron chi connectivity index (χ1n) is 8.92. The van der Waals surface area contributed by atoms with Crippen LogP contribution in [-0.4, -0.2) is 71.0 Å². The van der Waals surface area contributed by atoms with Crippen LogP contribution in [0, 0.1) is 0 Å². The molecule has 140 valence electrons. The fourth-order valence-corrected chi connectivity index (χ4v) is 3.45. The van der Waals surface area contributed by atoms with Gasteiger partial charge in [0, 0.05) is 74.8 Å². The maximum atomic E-state index is 6.10. The van der Waals surface area contributed by atoms with Crippen LogP contribution in [-0.2, 0) is 13.1 Å². The molecule has 0 aliphatic carbocycles. The molecule has 1 aliphatic heterocycles. The normalized spacial score (nSPS) is 18.3. The Morgan fingerprint density at radius 2 is 1.19 bits per heavy atom. The van der Waals surface area contributed by atoms with E-state index in [1.165, 1.54) is 0 Å². The van der Waals surface area contributed by atoms with Gasteiger partial charge in [0.1, 0.15) is 0 Å². The number of aromatic nitrogens is 2. The number of rotatable bonds is 4. The summed E-state index contributed by atoms with van der Waals surface area (Å²) in [6.45, 7) is 7.75.